The molecule has 118 valence electrons. The second-order valence-electron chi connectivity index (χ2n) is 6.05. The van der Waals surface area contributed by atoms with E-state index < -0.39 is 0 Å². The van der Waals surface area contributed by atoms with E-state index in [-0.39, 0.29) is 5.82 Å². The van der Waals surface area contributed by atoms with Gasteiger partial charge in [0.05, 0.1) is 11.2 Å². The van der Waals surface area contributed by atoms with Crippen molar-refractivity contribution >= 4 is 23.3 Å². The van der Waals surface area contributed by atoms with Crippen molar-refractivity contribution in [1.82, 2.24) is 4.98 Å². The monoisotopic (exact) mass is 317 g/mol. The molecule has 1 saturated carbocycles. The van der Waals surface area contributed by atoms with Crippen molar-refractivity contribution in [3.05, 3.63) is 71.7 Å². The Morgan fingerprint density at radius 1 is 1.04 bits per heavy atom. The predicted octanol–water partition coefficient (Wildman–Crippen LogP) is 5.13. The van der Waals surface area contributed by atoms with Crippen molar-refractivity contribution in [3.63, 3.8) is 0 Å². The van der Waals surface area contributed by atoms with E-state index >= 15 is 0 Å². The lowest BCUT2D eigenvalue weighted by atomic mass is 9.92. The standard InChI is InChI=1S/C21H16FNO/c22-18-9-3-1-6-15(18)20-16-7-2-4-10-19(16)23-21(14-11-12-14)17(20)8-5-13-24/h1-10,13-14H,11-12H2/b8-5+. The minimum atomic E-state index is -0.267. The van der Waals surface area contributed by atoms with Gasteiger partial charge in [0.15, 0.2) is 0 Å². The lowest BCUT2D eigenvalue weighted by Crippen LogP contribution is -1.99. The highest BCUT2D eigenvalue weighted by molar-refractivity contribution is 6.00. The Kier molecular flexibility index (Phi) is 3.69. The quantitative estimate of drug-likeness (QED) is 0.493. The van der Waals surface area contributed by atoms with Crippen molar-refractivity contribution in [2.75, 3.05) is 0 Å². The molecule has 1 aromatic heterocycles. The summed E-state index contributed by atoms with van der Waals surface area (Å²) < 4.78 is 14.5. The van der Waals surface area contributed by atoms with Crippen molar-refractivity contribution in [2.45, 2.75) is 18.8 Å². The molecule has 2 aromatic carbocycles. The zero-order valence-electron chi connectivity index (χ0n) is 13.1. The van der Waals surface area contributed by atoms with E-state index in [0.717, 1.165) is 46.9 Å². The van der Waals surface area contributed by atoms with Gasteiger partial charge in [0, 0.05) is 28.0 Å². The second kappa shape index (κ2) is 6.00. The van der Waals surface area contributed by atoms with Gasteiger partial charge < -0.3 is 0 Å². The summed E-state index contributed by atoms with van der Waals surface area (Å²) in [5, 5.41) is 0.901. The number of aldehydes is 1. The second-order valence-corrected chi connectivity index (χ2v) is 6.05. The Morgan fingerprint density at radius 3 is 2.54 bits per heavy atom. The van der Waals surface area contributed by atoms with E-state index in [9.17, 15) is 9.18 Å². The number of allylic oxidation sites excluding steroid dienone is 1. The highest BCUT2D eigenvalue weighted by Gasteiger charge is 2.29. The molecule has 3 aromatic rings. The van der Waals surface area contributed by atoms with Gasteiger partial charge in [0.1, 0.15) is 12.1 Å². The molecule has 0 radical (unpaired) electrons. The summed E-state index contributed by atoms with van der Waals surface area (Å²) in [5.74, 6) is 0.128. The van der Waals surface area contributed by atoms with Gasteiger partial charge in [-0.15, -0.1) is 0 Å². The van der Waals surface area contributed by atoms with Gasteiger partial charge in [-0.25, -0.2) is 4.39 Å². The molecule has 2 nitrogen and oxygen atoms in total. The van der Waals surface area contributed by atoms with Gasteiger partial charge in [-0.3, -0.25) is 9.78 Å². The van der Waals surface area contributed by atoms with Crippen LogP contribution in [0.3, 0.4) is 0 Å². The van der Waals surface area contributed by atoms with Crippen LogP contribution >= 0.6 is 0 Å². The molecular formula is C21H16FNO. The number of halogens is 1. The first kappa shape index (κ1) is 14.8. The number of carbonyl (C=O) groups excluding carboxylic acids is 1. The lowest BCUT2D eigenvalue weighted by Gasteiger charge is -2.15. The minimum absolute atomic E-state index is 0.267. The van der Waals surface area contributed by atoms with Crippen molar-refractivity contribution in [2.24, 2.45) is 0 Å². The van der Waals surface area contributed by atoms with E-state index in [1.54, 1.807) is 18.2 Å². The number of nitrogens with zero attached hydrogens (tertiary/aromatic N) is 1. The van der Waals surface area contributed by atoms with Gasteiger partial charge in [-0.05, 0) is 37.1 Å². The summed E-state index contributed by atoms with van der Waals surface area (Å²) in [6.07, 6.45) is 6.15. The average molecular weight is 317 g/mol. The largest absolute Gasteiger partial charge is 0.299 e. The number of fused-ring (bicyclic) bond motifs is 1. The van der Waals surface area contributed by atoms with Crippen LogP contribution in [0.25, 0.3) is 28.1 Å². The summed E-state index contributed by atoms with van der Waals surface area (Å²) in [4.78, 5) is 15.7. The van der Waals surface area contributed by atoms with Crippen molar-refractivity contribution < 1.29 is 9.18 Å². The Morgan fingerprint density at radius 2 is 1.79 bits per heavy atom. The van der Waals surface area contributed by atoms with Crippen LogP contribution < -0.4 is 0 Å². The van der Waals surface area contributed by atoms with Crippen LogP contribution in [0.2, 0.25) is 0 Å². The molecule has 4 rings (SSSR count). The number of hydrogen-bond donors (Lipinski definition) is 0. The fourth-order valence-corrected chi connectivity index (χ4v) is 3.17. The Bertz CT molecular complexity index is 957. The van der Waals surface area contributed by atoms with E-state index in [4.69, 9.17) is 4.98 Å². The first-order valence-corrected chi connectivity index (χ1v) is 8.09. The molecule has 1 aliphatic rings. The van der Waals surface area contributed by atoms with Crippen LogP contribution in [0.5, 0.6) is 0 Å². The maximum atomic E-state index is 14.5. The molecule has 24 heavy (non-hydrogen) atoms. The number of carbonyl (C=O) groups is 1. The number of rotatable bonds is 4. The lowest BCUT2D eigenvalue weighted by molar-refractivity contribution is -0.104. The average Bonchev–Trinajstić information content (AvgIpc) is 3.44. The van der Waals surface area contributed by atoms with E-state index in [1.165, 1.54) is 12.1 Å². The normalized spacial score (nSPS) is 14.4. The molecule has 0 unspecified atom stereocenters. The van der Waals surface area contributed by atoms with Gasteiger partial charge in [0.2, 0.25) is 0 Å². The highest BCUT2D eigenvalue weighted by Crippen LogP contribution is 2.45. The molecule has 1 aliphatic carbocycles. The summed E-state index contributed by atoms with van der Waals surface area (Å²) in [6.45, 7) is 0. The van der Waals surface area contributed by atoms with Crippen LogP contribution in [-0.4, -0.2) is 11.3 Å². The zero-order chi connectivity index (χ0) is 16.5. The van der Waals surface area contributed by atoms with Crippen LogP contribution in [0.4, 0.5) is 4.39 Å². The number of pyridine rings is 1. The Hall–Kier alpha value is -2.81. The molecule has 0 spiro atoms. The van der Waals surface area contributed by atoms with E-state index in [1.807, 2.05) is 30.3 Å². The predicted molar refractivity (Wildman–Crippen MR) is 94.2 cm³/mol. The molecule has 0 amide bonds. The van der Waals surface area contributed by atoms with Crippen LogP contribution in [0.1, 0.15) is 30.0 Å². The topological polar surface area (TPSA) is 30.0 Å². The molecule has 1 fully saturated rings. The summed E-state index contributed by atoms with van der Waals surface area (Å²) in [6, 6.07) is 14.6. The third-order valence-corrected chi connectivity index (χ3v) is 4.41. The van der Waals surface area contributed by atoms with Crippen LogP contribution in [-0.2, 0) is 4.79 Å². The molecule has 3 heteroatoms. The zero-order valence-corrected chi connectivity index (χ0v) is 13.1. The Balaban J connectivity index is 2.13. The van der Waals surface area contributed by atoms with Gasteiger partial charge >= 0.3 is 0 Å². The number of benzene rings is 2. The first-order valence-electron chi connectivity index (χ1n) is 8.09. The van der Waals surface area contributed by atoms with Crippen LogP contribution in [0, 0.1) is 5.82 Å². The molecule has 1 heterocycles. The minimum Gasteiger partial charge on any atom is -0.299 e. The fourth-order valence-electron chi connectivity index (χ4n) is 3.17. The van der Waals surface area contributed by atoms with E-state index in [0.29, 0.717) is 11.5 Å². The molecule has 0 aliphatic heterocycles. The smallest absolute Gasteiger partial charge is 0.142 e. The van der Waals surface area contributed by atoms with Gasteiger partial charge in [-0.1, -0.05) is 36.4 Å². The fraction of sp³-hybridized carbons (Fsp3) is 0.143. The maximum Gasteiger partial charge on any atom is 0.142 e. The number of para-hydroxylation sites is 1. The maximum absolute atomic E-state index is 14.5. The third kappa shape index (κ3) is 2.52. The molecule has 0 atom stereocenters. The molecule has 0 N–H and O–H groups in total. The summed E-state index contributed by atoms with van der Waals surface area (Å²) in [7, 11) is 0. The van der Waals surface area contributed by atoms with Crippen molar-refractivity contribution in [3.8, 4) is 11.1 Å². The molecular weight excluding hydrogens is 301 g/mol. The summed E-state index contributed by atoms with van der Waals surface area (Å²) >= 11 is 0. The van der Waals surface area contributed by atoms with Gasteiger partial charge in [0.25, 0.3) is 0 Å². The molecule has 0 bridgehead atoms. The van der Waals surface area contributed by atoms with Crippen molar-refractivity contribution in [1.29, 1.82) is 0 Å². The first-order chi connectivity index (χ1) is 11.8. The molecule has 0 saturated heterocycles. The summed E-state index contributed by atoms with van der Waals surface area (Å²) in [5.41, 5.74) is 4.04. The van der Waals surface area contributed by atoms with Crippen LogP contribution in [0.15, 0.2) is 54.6 Å². The Labute approximate surface area is 139 Å². The highest BCUT2D eigenvalue weighted by atomic mass is 19.1. The third-order valence-electron chi connectivity index (χ3n) is 4.41. The SMILES string of the molecule is O=C/C=C/c1c(C2CC2)nc2ccccc2c1-c1ccccc1F. The van der Waals surface area contributed by atoms with E-state index in [2.05, 4.69) is 0 Å². The van der Waals surface area contributed by atoms with Gasteiger partial charge in [-0.2, -0.15) is 0 Å². The number of hydrogen-bond acceptors (Lipinski definition) is 2. The number of aromatic nitrogens is 1.